The highest BCUT2D eigenvalue weighted by Gasteiger charge is 2.54. The summed E-state index contributed by atoms with van der Waals surface area (Å²) in [6.45, 7) is 0. The Morgan fingerprint density at radius 2 is 0.883 bits per heavy atom. The zero-order valence-electron chi connectivity index (χ0n) is 33.7. The largest absolute Gasteiger partial charge is 0.308 e. The molecule has 60 heavy (non-hydrogen) atoms. The van der Waals surface area contributed by atoms with E-state index in [1.165, 1.54) is 169 Å². The third-order valence-electron chi connectivity index (χ3n) is 18.4. The number of hydrogen-bond acceptors (Lipinski definition) is 2. The number of nitriles is 2. The van der Waals surface area contributed by atoms with E-state index in [1.807, 2.05) is 0 Å². The van der Waals surface area contributed by atoms with Gasteiger partial charge in [-0.1, -0.05) is 72.8 Å². The van der Waals surface area contributed by atoms with Crippen LogP contribution in [0.3, 0.4) is 0 Å². The summed E-state index contributed by atoms with van der Waals surface area (Å²) in [7, 11) is 0. The Morgan fingerprint density at radius 1 is 0.450 bits per heavy atom. The monoisotopic (exact) mass is 769 g/mol. The molecular weight excluding hydrogens is 727 g/mol. The maximum absolute atomic E-state index is 11.2. The maximum Gasteiger partial charge on any atom is 0.0995 e. The fraction of sp³-hybridized carbons (Fsp3) is 0.333. The van der Waals surface area contributed by atoms with Crippen LogP contribution in [0.5, 0.6) is 0 Å². The number of benzene rings is 6. The number of rotatable bonds is 0. The molecule has 8 aromatic rings. The Balaban J connectivity index is 1.18. The highest BCUT2D eigenvalue weighted by molar-refractivity contribution is 6.30. The first-order chi connectivity index (χ1) is 29.6. The molecular formula is C57H43N3. The van der Waals surface area contributed by atoms with Crippen LogP contribution in [0.15, 0.2) is 91.0 Å². The van der Waals surface area contributed by atoms with E-state index in [9.17, 15) is 10.5 Å². The van der Waals surface area contributed by atoms with Gasteiger partial charge in [0.05, 0.1) is 45.2 Å². The van der Waals surface area contributed by atoms with Crippen molar-refractivity contribution in [3.05, 3.63) is 147 Å². The van der Waals surface area contributed by atoms with Crippen molar-refractivity contribution in [2.45, 2.75) is 93.3 Å². The van der Waals surface area contributed by atoms with Gasteiger partial charge < -0.3 is 4.40 Å². The Morgan fingerprint density at radius 3 is 1.40 bits per heavy atom. The summed E-state index contributed by atoms with van der Waals surface area (Å²) in [6.07, 6.45) is 12.6. The van der Waals surface area contributed by atoms with Crippen molar-refractivity contribution in [3.8, 4) is 34.4 Å². The molecule has 286 valence electrons. The number of nitrogens with zero attached hydrogens (tertiary/aromatic N) is 3. The molecule has 18 rings (SSSR count). The molecule has 10 aliphatic carbocycles. The molecule has 6 aromatic carbocycles. The zero-order chi connectivity index (χ0) is 38.9. The van der Waals surface area contributed by atoms with Gasteiger partial charge in [-0.2, -0.15) is 10.5 Å². The first-order valence-corrected chi connectivity index (χ1v) is 23.2. The van der Waals surface area contributed by atoms with Crippen LogP contribution in [0.4, 0.5) is 0 Å². The van der Waals surface area contributed by atoms with Gasteiger partial charge in [0.2, 0.25) is 0 Å². The van der Waals surface area contributed by atoms with Gasteiger partial charge in [0, 0.05) is 21.5 Å². The molecule has 0 radical (unpaired) electrons. The summed E-state index contributed by atoms with van der Waals surface area (Å²) < 4.78 is 2.60. The van der Waals surface area contributed by atoms with E-state index >= 15 is 0 Å². The Labute approximate surface area is 349 Å². The van der Waals surface area contributed by atoms with Crippen molar-refractivity contribution in [2.75, 3.05) is 0 Å². The first kappa shape index (κ1) is 31.9. The van der Waals surface area contributed by atoms with E-state index < -0.39 is 5.41 Å². The van der Waals surface area contributed by atoms with Crippen LogP contribution in [0.1, 0.15) is 144 Å². The molecule has 0 aliphatic heterocycles. The number of fused-ring (bicyclic) bond motifs is 17. The molecule has 1 spiro atoms. The molecule has 4 saturated carbocycles. The fourth-order valence-corrected chi connectivity index (χ4v) is 17.1. The lowest BCUT2D eigenvalue weighted by Crippen LogP contribution is -2.25. The van der Waals surface area contributed by atoms with E-state index in [1.54, 1.807) is 0 Å². The van der Waals surface area contributed by atoms with Gasteiger partial charge in [0.25, 0.3) is 0 Å². The van der Waals surface area contributed by atoms with Crippen LogP contribution in [0.2, 0.25) is 0 Å². The minimum Gasteiger partial charge on any atom is -0.308 e. The summed E-state index contributed by atoms with van der Waals surface area (Å²) in [5.41, 5.74) is 21.9. The summed E-state index contributed by atoms with van der Waals surface area (Å²) in [6, 6.07) is 40.9. The van der Waals surface area contributed by atoms with Gasteiger partial charge in [-0.3, -0.25) is 0 Å². The van der Waals surface area contributed by atoms with Crippen LogP contribution in [0.25, 0.3) is 60.3 Å². The lowest BCUT2D eigenvalue weighted by atomic mass is 9.67. The molecule has 10 aliphatic rings. The lowest BCUT2D eigenvalue weighted by molar-refractivity contribution is 0.166. The summed E-state index contributed by atoms with van der Waals surface area (Å²) in [5, 5.41) is 28.0. The van der Waals surface area contributed by atoms with Gasteiger partial charge >= 0.3 is 0 Å². The van der Waals surface area contributed by atoms with Gasteiger partial charge in [0.15, 0.2) is 0 Å². The molecule has 4 unspecified atom stereocenters. The maximum atomic E-state index is 11.2. The molecule has 0 N–H and O–H groups in total. The predicted octanol–water partition coefficient (Wildman–Crippen LogP) is 13.7. The van der Waals surface area contributed by atoms with E-state index in [0.717, 1.165) is 34.8 Å². The normalized spacial score (nSPS) is 28.8. The van der Waals surface area contributed by atoms with Crippen molar-refractivity contribution in [1.29, 1.82) is 10.5 Å². The van der Waals surface area contributed by atoms with Gasteiger partial charge in [-0.25, -0.2) is 0 Å². The summed E-state index contributed by atoms with van der Waals surface area (Å²) >= 11 is 0. The first-order valence-electron chi connectivity index (χ1n) is 23.2. The van der Waals surface area contributed by atoms with Crippen LogP contribution < -0.4 is 0 Å². The van der Waals surface area contributed by atoms with Gasteiger partial charge in [-0.05, 0) is 197 Å². The van der Waals surface area contributed by atoms with Crippen molar-refractivity contribution in [3.63, 3.8) is 0 Å². The molecule has 4 fully saturated rings. The third-order valence-corrected chi connectivity index (χ3v) is 18.4. The van der Waals surface area contributed by atoms with Crippen molar-refractivity contribution >= 4 is 38.1 Å². The molecule has 2 aromatic heterocycles. The highest BCUT2D eigenvalue weighted by atomic mass is 14.9. The molecule has 4 atom stereocenters. The average molecular weight is 770 g/mol. The second kappa shape index (κ2) is 10.5. The third kappa shape index (κ3) is 3.43. The Hall–Kier alpha value is -5.90. The quantitative estimate of drug-likeness (QED) is 0.154. The zero-order valence-corrected chi connectivity index (χ0v) is 33.7. The van der Waals surface area contributed by atoms with Crippen molar-refractivity contribution in [1.82, 2.24) is 4.40 Å². The van der Waals surface area contributed by atoms with Gasteiger partial charge in [-0.15, -0.1) is 0 Å². The molecule has 3 heteroatoms. The average Bonchev–Trinajstić information content (AvgIpc) is 3.89. The molecule has 2 heterocycles. The molecule has 0 saturated heterocycles. The summed E-state index contributed by atoms with van der Waals surface area (Å²) in [5.74, 6) is 4.88. The minimum absolute atomic E-state index is 0.455. The van der Waals surface area contributed by atoms with Crippen molar-refractivity contribution < 1.29 is 0 Å². The SMILES string of the molecule is N#Cc1cc2c(c3c1C1CC4CC(C1)CC3C4)c1cc3c(c4c5c6c(c(C#N)cc5n2c14)C1CC2CC(C1)CC6C2)-c1ccccc1C31c2ccccc2-c2ccccc21. The Kier molecular flexibility index (Phi) is 5.60. The molecule has 3 nitrogen and oxygen atoms in total. The van der Waals surface area contributed by atoms with E-state index in [4.69, 9.17) is 0 Å². The van der Waals surface area contributed by atoms with E-state index in [-0.39, 0.29) is 0 Å². The topological polar surface area (TPSA) is 52.0 Å². The molecule has 8 bridgehead atoms. The van der Waals surface area contributed by atoms with Crippen LogP contribution in [-0.4, -0.2) is 4.40 Å². The Bertz CT molecular complexity index is 3360. The van der Waals surface area contributed by atoms with Gasteiger partial charge in [0.1, 0.15) is 0 Å². The minimum atomic E-state index is -0.455. The lowest BCUT2D eigenvalue weighted by Gasteiger charge is -2.38. The van der Waals surface area contributed by atoms with Crippen LogP contribution in [-0.2, 0) is 5.41 Å². The smallest absolute Gasteiger partial charge is 0.0995 e. The summed E-state index contributed by atoms with van der Waals surface area (Å²) in [4.78, 5) is 0. The van der Waals surface area contributed by atoms with Crippen molar-refractivity contribution in [2.24, 2.45) is 23.7 Å². The van der Waals surface area contributed by atoms with E-state index in [2.05, 4.69) is 108 Å². The standard InChI is InChI=1S/C57H43N3/c58-26-36-23-46-53(50-34-19-28-13-29(20-34)16-32(15-28)48(36)50)41-25-45-52(40-9-3-6-12-44(40)57(45)42-10-4-1-7-38(42)39-8-2-5-11-43(39)57)55-54-47(60(46)56(41)55)24-37(27-59)49-33-17-30-14-31(18-33)22-35(21-30)51(49)54/h1-12,23-25,28-35H,13-22H2. The molecule has 0 amide bonds. The fourth-order valence-electron chi connectivity index (χ4n) is 17.1. The van der Waals surface area contributed by atoms with Crippen LogP contribution >= 0.6 is 0 Å². The number of aromatic nitrogens is 1. The predicted molar refractivity (Wildman–Crippen MR) is 238 cm³/mol. The van der Waals surface area contributed by atoms with Crippen LogP contribution in [0, 0.1) is 46.3 Å². The highest BCUT2D eigenvalue weighted by Crippen LogP contribution is 2.68. The second-order valence-corrected chi connectivity index (χ2v) is 20.9. The number of hydrogen-bond donors (Lipinski definition) is 0. The van der Waals surface area contributed by atoms with E-state index in [0.29, 0.717) is 23.7 Å². The second-order valence-electron chi connectivity index (χ2n) is 20.9.